The fourth-order valence-corrected chi connectivity index (χ4v) is 1.67. The Morgan fingerprint density at radius 3 is 2.71 bits per heavy atom. The van der Waals surface area contributed by atoms with Gasteiger partial charge < -0.3 is 10.1 Å². The van der Waals surface area contributed by atoms with E-state index in [1.54, 1.807) is 32.4 Å². The third-order valence-electron chi connectivity index (χ3n) is 2.04. The Morgan fingerprint density at radius 1 is 1.41 bits per heavy atom. The number of hydrogen-bond acceptors (Lipinski definition) is 5. The fourth-order valence-electron chi connectivity index (χ4n) is 1.09. The maximum atomic E-state index is 11.3. The first-order valence-electron chi connectivity index (χ1n) is 5.26. The summed E-state index contributed by atoms with van der Waals surface area (Å²) in [5.41, 5.74) is 0.821. The first-order chi connectivity index (χ1) is 8.07. The predicted octanol–water partition coefficient (Wildman–Crippen LogP) is 0.901. The van der Waals surface area contributed by atoms with Crippen molar-refractivity contribution in [3.8, 4) is 0 Å². The van der Waals surface area contributed by atoms with E-state index in [2.05, 4.69) is 15.0 Å². The molecule has 1 aromatic heterocycles. The fraction of sp³-hybridized carbons (Fsp3) is 0.500. The Morgan fingerprint density at radius 2 is 2.18 bits per heavy atom. The molecule has 6 nitrogen and oxygen atoms in total. The lowest BCUT2D eigenvalue weighted by Gasteiger charge is -2.07. The Hall–Kier alpha value is -1.34. The van der Waals surface area contributed by atoms with Gasteiger partial charge in [0.2, 0.25) is 10.0 Å². The van der Waals surface area contributed by atoms with Gasteiger partial charge in [0.05, 0.1) is 24.2 Å². The van der Waals surface area contributed by atoms with Crippen LogP contribution in [0.2, 0.25) is 0 Å². The summed E-state index contributed by atoms with van der Waals surface area (Å²) in [6.07, 6.45) is 1.57. The molecule has 0 amide bonds. The van der Waals surface area contributed by atoms with E-state index in [1.807, 2.05) is 0 Å². The molecule has 0 unspecified atom stereocenters. The highest BCUT2D eigenvalue weighted by molar-refractivity contribution is 7.92. The Bertz CT molecular complexity index is 431. The second-order valence-corrected chi connectivity index (χ2v) is 5.37. The van der Waals surface area contributed by atoms with Gasteiger partial charge in [0.1, 0.15) is 5.82 Å². The number of methoxy groups -OCH3 is 1. The highest BCUT2D eigenvalue weighted by atomic mass is 32.2. The number of nitrogens with zero attached hydrogens (tertiary/aromatic N) is 1. The standard InChI is InChI=1S/C10H17N3O3S/c1-3-17(14,15)13-10-5-4-9(8-12-10)11-6-7-16-2/h4-5,8,11H,3,6-7H2,1-2H3,(H,12,13). The zero-order valence-electron chi connectivity index (χ0n) is 9.93. The van der Waals surface area contributed by atoms with Crippen molar-refractivity contribution in [2.75, 3.05) is 36.1 Å². The Kier molecular flexibility index (Phi) is 5.17. The second kappa shape index (κ2) is 6.41. The molecule has 1 aromatic rings. The number of pyridine rings is 1. The van der Waals surface area contributed by atoms with Crippen molar-refractivity contribution < 1.29 is 13.2 Å². The molecule has 0 aliphatic rings. The number of aromatic nitrogens is 1. The van der Waals surface area contributed by atoms with Gasteiger partial charge in [-0.2, -0.15) is 0 Å². The normalized spacial score (nSPS) is 11.2. The number of rotatable bonds is 7. The van der Waals surface area contributed by atoms with Crippen LogP contribution in [0.3, 0.4) is 0 Å². The van der Waals surface area contributed by atoms with Gasteiger partial charge in [-0.3, -0.25) is 4.72 Å². The van der Waals surface area contributed by atoms with Gasteiger partial charge in [0.25, 0.3) is 0 Å². The summed E-state index contributed by atoms with van der Waals surface area (Å²) in [6.45, 7) is 2.85. The van der Waals surface area contributed by atoms with Crippen LogP contribution in [0.1, 0.15) is 6.92 Å². The van der Waals surface area contributed by atoms with E-state index in [1.165, 1.54) is 0 Å². The maximum Gasteiger partial charge on any atom is 0.233 e. The van der Waals surface area contributed by atoms with Crippen molar-refractivity contribution in [1.29, 1.82) is 0 Å². The van der Waals surface area contributed by atoms with E-state index in [4.69, 9.17) is 4.74 Å². The van der Waals surface area contributed by atoms with Gasteiger partial charge in [0.15, 0.2) is 0 Å². The lowest BCUT2D eigenvalue weighted by atomic mass is 10.4. The van der Waals surface area contributed by atoms with E-state index in [0.717, 1.165) is 5.69 Å². The van der Waals surface area contributed by atoms with Crippen LogP contribution in [0, 0.1) is 0 Å². The van der Waals surface area contributed by atoms with Crippen LogP contribution in [-0.4, -0.2) is 39.4 Å². The molecule has 2 N–H and O–H groups in total. The van der Waals surface area contributed by atoms with Crippen LogP contribution in [0.4, 0.5) is 11.5 Å². The molecule has 1 rings (SSSR count). The van der Waals surface area contributed by atoms with Gasteiger partial charge in [0, 0.05) is 13.7 Å². The molecule has 0 aliphatic carbocycles. The number of hydrogen-bond donors (Lipinski definition) is 2. The molecule has 0 radical (unpaired) electrons. The summed E-state index contributed by atoms with van der Waals surface area (Å²) >= 11 is 0. The van der Waals surface area contributed by atoms with Crippen molar-refractivity contribution in [1.82, 2.24) is 4.98 Å². The third kappa shape index (κ3) is 5.01. The average Bonchev–Trinajstić information content (AvgIpc) is 2.31. The predicted molar refractivity (Wildman–Crippen MR) is 67.7 cm³/mol. The number of sulfonamides is 1. The van der Waals surface area contributed by atoms with E-state index >= 15 is 0 Å². The molecule has 0 spiro atoms. The first kappa shape index (κ1) is 13.7. The molecule has 0 saturated heterocycles. The van der Waals surface area contributed by atoms with Crippen molar-refractivity contribution >= 4 is 21.5 Å². The summed E-state index contributed by atoms with van der Waals surface area (Å²) < 4.78 is 29.8. The maximum absolute atomic E-state index is 11.3. The molecular formula is C10H17N3O3S. The van der Waals surface area contributed by atoms with E-state index in [-0.39, 0.29) is 5.75 Å². The molecule has 96 valence electrons. The minimum absolute atomic E-state index is 0.0303. The quantitative estimate of drug-likeness (QED) is 0.711. The summed E-state index contributed by atoms with van der Waals surface area (Å²) in [5.74, 6) is 0.354. The molecule has 0 bridgehead atoms. The van der Waals surface area contributed by atoms with Crippen LogP contribution in [-0.2, 0) is 14.8 Å². The van der Waals surface area contributed by atoms with Crippen LogP contribution < -0.4 is 10.0 Å². The van der Waals surface area contributed by atoms with E-state index in [0.29, 0.717) is 19.0 Å². The SMILES string of the molecule is CCS(=O)(=O)Nc1ccc(NCCOC)cn1. The molecule has 7 heteroatoms. The molecule has 1 heterocycles. The molecule has 0 aliphatic heterocycles. The zero-order chi connectivity index (χ0) is 12.7. The van der Waals surface area contributed by atoms with Crippen LogP contribution in [0.25, 0.3) is 0 Å². The lowest BCUT2D eigenvalue weighted by molar-refractivity contribution is 0.211. The smallest absolute Gasteiger partial charge is 0.233 e. The Labute approximate surface area is 101 Å². The summed E-state index contributed by atoms with van der Waals surface area (Å²) in [7, 11) is -1.63. The van der Waals surface area contributed by atoms with Crippen LogP contribution >= 0.6 is 0 Å². The molecule has 0 saturated carbocycles. The molecule has 17 heavy (non-hydrogen) atoms. The average molecular weight is 259 g/mol. The Balaban J connectivity index is 2.56. The number of nitrogens with one attached hydrogen (secondary N) is 2. The highest BCUT2D eigenvalue weighted by Crippen LogP contribution is 2.10. The summed E-state index contributed by atoms with van der Waals surface area (Å²) in [5, 5.41) is 3.08. The third-order valence-corrected chi connectivity index (χ3v) is 3.32. The van der Waals surface area contributed by atoms with Gasteiger partial charge in [-0.15, -0.1) is 0 Å². The largest absolute Gasteiger partial charge is 0.383 e. The molecular weight excluding hydrogens is 242 g/mol. The van der Waals surface area contributed by atoms with Crippen molar-refractivity contribution in [2.45, 2.75) is 6.92 Å². The minimum Gasteiger partial charge on any atom is -0.383 e. The highest BCUT2D eigenvalue weighted by Gasteiger charge is 2.06. The van der Waals surface area contributed by atoms with Crippen molar-refractivity contribution in [3.63, 3.8) is 0 Å². The molecule has 0 fully saturated rings. The molecule has 0 atom stereocenters. The van der Waals surface area contributed by atoms with Gasteiger partial charge in [-0.05, 0) is 19.1 Å². The first-order valence-corrected chi connectivity index (χ1v) is 6.92. The topological polar surface area (TPSA) is 80.3 Å². The minimum atomic E-state index is -3.26. The number of ether oxygens (including phenoxy) is 1. The summed E-state index contributed by atoms with van der Waals surface area (Å²) in [6, 6.07) is 3.37. The monoisotopic (exact) mass is 259 g/mol. The van der Waals surface area contributed by atoms with Gasteiger partial charge in [-0.25, -0.2) is 13.4 Å². The van der Waals surface area contributed by atoms with E-state index in [9.17, 15) is 8.42 Å². The van der Waals surface area contributed by atoms with Gasteiger partial charge >= 0.3 is 0 Å². The van der Waals surface area contributed by atoms with E-state index < -0.39 is 10.0 Å². The van der Waals surface area contributed by atoms with Gasteiger partial charge in [-0.1, -0.05) is 0 Å². The zero-order valence-corrected chi connectivity index (χ0v) is 10.8. The lowest BCUT2D eigenvalue weighted by Crippen LogP contribution is -2.15. The number of anilines is 2. The van der Waals surface area contributed by atoms with Crippen LogP contribution in [0.15, 0.2) is 18.3 Å². The summed E-state index contributed by atoms with van der Waals surface area (Å²) in [4.78, 5) is 4.00. The molecule has 0 aromatic carbocycles. The van der Waals surface area contributed by atoms with Crippen molar-refractivity contribution in [3.05, 3.63) is 18.3 Å². The van der Waals surface area contributed by atoms with Crippen LogP contribution in [0.5, 0.6) is 0 Å². The van der Waals surface area contributed by atoms with Crippen molar-refractivity contribution in [2.24, 2.45) is 0 Å². The second-order valence-electron chi connectivity index (χ2n) is 3.36.